The number of hydrogen-bond acceptors (Lipinski definition) is 2. The van der Waals surface area contributed by atoms with Gasteiger partial charge in [0.15, 0.2) is 0 Å². The molecule has 4 heteroatoms. The predicted molar refractivity (Wildman–Crippen MR) is 102 cm³/mol. The molecule has 0 spiro atoms. The fraction of sp³-hybridized carbons (Fsp3) is 0.333. The fourth-order valence-electron chi connectivity index (χ4n) is 2.74. The second kappa shape index (κ2) is 9.62. The van der Waals surface area contributed by atoms with Gasteiger partial charge in [0.05, 0.1) is 17.2 Å². The third-order valence-corrected chi connectivity index (χ3v) is 4.17. The molecular formula is C21H26N2O2. The minimum absolute atomic E-state index is 0.0949. The summed E-state index contributed by atoms with van der Waals surface area (Å²) in [4.78, 5) is 25.1. The molecule has 1 atom stereocenters. The molecule has 2 aromatic carbocycles. The summed E-state index contributed by atoms with van der Waals surface area (Å²) < 4.78 is 0. The Morgan fingerprint density at radius 2 is 1.64 bits per heavy atom. The molecule has 0 radical (unpaired) electrons. The van der Waals surface area contributed by atoms with Crippen molar-refractivity contribution >= 4 is 17.5 Å². The zero-order chi connectivity index (χ0) is 18.1. The zero-order valence-electron chi connectivity index (χ0n) is 14.9. The van der Waals surface area contributed by atoms with E-state index in [4.69, 9.17) is 0 Å². The van der Waals surface area contributed by atoms with E-state index in [0.29, 0.717) is 24.2 Å². The lowest BCUT2D eigenvalue weighted by Crippen LogP contribution is -2.27. The first-order valence-electron chi connectivity index (χ1n) is 8.90. The Kier molecular flexibility index (Phi) is 7.20. The molecule has 0 fully saturated rings. The number of unbranched alkanes of at least 4 members (excludes halogenated alkanes) is 1. The standard InChI is InChI=1S/C21H26N2O2/c1-3-5-15-22-20(24)18-13-9-10-14-19(18)23-21(25)17(4-2)16-11-7-6-8-12-16/h6-14,17H,3-5,15H2,1-2H3,(H,22,24)(H,23,25). The van der Waals surface area contributed by atoms with Crippen molar-refractivity contribution in [3.8, 4) is 0 Å². The Hall–Kier alpha value is -2.62. The molecule has 25 heavy (non-hydrogen) atoms. The maximum absolute atomic E-state index is 12.7. The summed E-state index contributed by atoms with van der Waals surface area (Å²) >= 11 is 0. The van der Waals surface area contributed by atoms with Gasteiger partial charge in [0.1, 0.15) is 0 Å². The number of amides is 2. The van der Waals surface area contributed by atoms with Crippen LogP contribution in [-0.4, -0.2) is 18.4 Å². The van der Waals surface area contributed by atoms with Gasteiger partial charge in [0, 0.05) is 6.54 Å². The Morgan fingerprint density at radius 1 is 0.960 bits per heavy atom. The number of para-hydroxylation sites is 1. The van der Waals surface area contributed by atoms with Crippen LogP contribution in [0.3, 0.4) is 0 Å². The van der Waals surface area contributed by atoms with E-state index in [-0.39, 0.29) is 17.7 Å². The van der Waals surface area contributed by atoms with E-state index < -0.39 is 0 Å². The molecule has 0 aliphatic rings. The third kappa shape index (κ3) is 5.18. The fourth-order valence-corrected chi connectivity index (χ4v) is 2.74. The Morgan fingerprint density at radius 3 is 2.32 bits per heavy atom. The van der Waals surface area contributed by atoms with Crippen molar-refractivity contribution in [2.45, 2.75) is 39.0 Å². The summed E-state index contributed by atoms with van der Waals surface area (Å²) in [6, 6.07) is 16.8. The number of nitrogens with one attached hydrogen (secondary N) is 2. The number of rotatable bonds is 8. The predicted octanol–water partition coefficient (Wildman–Crippen LogP) is 4.35. The van der Waals surface area contributed by atoms with Crippen molar-refractivity contribution in [2.75, 3.05) is 11.9 Å². The van der Waals surface area contributed by atoms with Crippen molar-refractivity contribution < 1.29 is 9.59 Å². The molecule has 2 N–H and O–H groups in total. The maximum atomic E-state index is 12.7. The number of carbonyl (C=O) groups excluding carboxylic acids is 2. The van der Waals surface area contributed by atoms with Crippen LogP contribution in [0.4, 0.5) is 5.69 Å². The minimum Gasteiger partial charge on any atom is -0.352 e. The molecule has 4 nitrogen and oxygen atoms in total. The normalized spacial score (nSPS) is 11.6. The highest BCUT2D eigenvalue weighted by Gasteiger charge is 2.20. The number of hydrogen-bond donors (Lipinski definition) is 2. The second-order valence-corrected chi connectivity index (χ2v) is 6.02. The van der Waals surface area contributed by atoms with Crippen LogP contribution >= 0.6 is 0 Å². The summed E-state index contributed by atoms with van der Waals surface area (Å²) in [6.45, 7) is 4.70. The smallest absolute Gasteiger partial charge is 0.253 e. The van der Waals surface area contributed by atoms with Gasteiger partial charge in [-0.1, -0.05) is 62.7 Å². The molecule has 2 amide bonds. The molecule has 0 saturated heterocycles. The lowest BCUT2D eigenvalue weighted by molar-refractivity contribution is -0.117. The van der Waals surface area contributed by atoms with Gasteiger partial charge in [-0.2, -0.15) is 0 Å². The lowest BCUT2D eigenvalue weighted by Gasteiger charge is -2.17. The molecule has 0 bridgehead atoms. The van der Waals surface area contributed by atoms with Crippen LogP contribution in [0.1, 0.15) is 54.9 Å². The maximum Gasteiger partial charge on any atom is 0.253 e. The van der Waals surface area contributed by atoms with Crippen molar-refractivity contribution in [3.63, 3.8) is 0 Å². The SMILES string of the molecule is CCCCNC(=O)c1ccccc1NC(=O)C(CC)c1ccccc1. The van der Waals surface area contributed by atoms with E-state index in [1.165, 1.54) is 0 Å². The van der Waals surface area contributed by atoms with Crippen molar-refractivity contribution in [1.82, 2.24) is 5.32 Å². The van der Waals surface area contributed by atoms with Gasteiger partial charge >= 0.3 is 0 Å². The molecule has 2 aromatic rings. The van der Waals surface area contributed by atoms with Gasteiger partial charge in [0.25, 0.3) is 5.91 Å². The van der Waals surface area contributed by atoms with Crippen molar-refractivity contribution in [3.05, 3.63) is 65.7 Å². The summed E-state index contributed by atoms with van der Waals surface area (Å²) in [5.74, 6) is -0.489. The summed E-state index contributed by atoms with van der Waals surface area (Å²) in [5, 5.41) is 5.83. The molecule has 0 aromatic heterocycles. The molecule has 0 aliphatic heterocycles. The molecule has 0 aliphatic carbocycles. The van der Waals surface area contributed by atoms with Gasteiger partial charge in [-0.25, -0.2) is 0 Å². The monoisotopic (exact) mass is 338 g/mol. The van der Waals surface area contributed by atoms with Crippen LogP contribution < -0.4 is 10.6 Å². The van der Waals surface area contributed by atoms with E-state index in [1.54, 1.807) is 18.2 Å². The van der Waals surface area contributed by atoms with Crippen LogP contribution in [0.2, 0.25) is 0 Å². The van der Waals surface area contributed by atoms with Gasteiger partial charge < -0.3 is 10.6 Å². The topological polar surface area (TPSA) is 58.2 Å². The highest BCUT2D eigenvalue weighted by atomic mass is 16.2. The van der Waals surface area contributed by atoms with E-state index in [2.05, 4.69) is 17.6 Å². The molecule has 0 saturated carbocycles. The Labute approximate surface area is 149 Å². The molecule has 2 rings (SSSR count). The zero-order valence-corrected chi connectivity index (χ0v) is 14.9. The summed E-state index contributed by atoms with van der Waals surface area (Å²) in [7, 11) is 0. The van der Waals surface area contributed by atoms with Crippen LogP contribution in [0.15, 0.2) is 54.6 Å². The van der Waals surface area contributed by atoms with E-state index >= 15 is 0 Å². The molecular weight excluding hydrogens is 312 g/mol. The van der Waals surface area contributed by atoms with E-state index in [9.17, 15) is 9.59 Å². The van der Waals surface area contributed by atoms with Gasteiger partial charge in [-0.05, 0) is 30.5 Å². The van der Waals surface area contributed by atoms with Crippen molar-refractivity contribution in [2.24, 2.45) is 0 Å². The number of anilines is 1. The molecule has 132 valence electrons. The quantitative estimate of drug-likeness (QED) is 0.703. The number of carbonyl (C=O) groups is 2. The van der Waals surface area contributed by atoms with Crippen LogP contribution in [-0.2, 0) is 4.79 Å². The van der Waals surface area contributed by atoms with E-state index in [0.717, 1.165) is 18.4 Å². The molecule has 0 heterocycles. The Balaban J connectivity index is 2.14. The first kappa shape index (κ1) is 18.7. The minimum atomic E-state index is -0.239. The average Bonchev–Trinajstić information content (AvgIpc) is 2.64. The van der Waals surface area contributed by atoms with Gasteiger partial charge in [-0.3, -0.25) is 9.59 Å². The van der Waals surface area contributed by atoms with Gasteiger partial charge in [0.2, 0.25) is 5.91 Å². The third-order valence-electron chi connectivity index (χ3n) is 4.17. The first-order chi connectivity index (χ1) is 12.2. The van der Waals surface area contributed by atoms with Crippen LogP contribution in [0, 0.1) is 0 Å². The molecule has 1 unspecified atom stereocenters. The lowest BCUT2D eigenvalue weighted by atomic mass is 9.95. The average molecular weight is 338 g/mol. The highest BCUT2D eigenvalue weighted by Crippen LogP contribution is 2.23. The van der Waals surface area contributed by atoms with Crippen LogP contribution in [0.25, 0.3) is 0 Å². The van der Waals surface area contributed by atoms with Crippen LogP contribution in [0.5, 0.6) is 0 Å². The summed E-state index contributed by atoms with van der Waals surface area (Å²) in [6.07, 6.45) is 2.65. The van der Waals surface area contributed by atoms with E-state index in [1.807, 2.05) is 43.3 Å². The summed E-state index contributed by atoms with van der Waals surface area (Å²) in [5.41, 5.74) is 2.03. The van der Waals surface area contributed by atoms with Crippen molar-refractivity contribution in [1.29, 1.82) is 0 Å². The van der Waals surface area contributed by atoms with Gasteiger partial charge in [-0.15, -0.1) is 0 Å². The number of benzene rings is 2. The highest BCUT2D eigenvalue weighted by molar-refractivity contribution is 6.05. The second-order valence-electron chi connectivity index (χ2n) is 6.02. The Bertz CT molecular complexity index is 698. The largest absolute Gasteiger partial charge is 0.352 e. The first-order valence-corrected chi connectivity index (χ1v) is 8.90.